The van der Waals surface area contributed by atoms with Gasteiger partial charge in [0.15, 0.2) is 0 Å². The molecular weight excluding hydrogens is 498 g/mol. The van der Waals surface area contributed by atoms with Gasteiger partial charge in [-0.15, -0.1) is 0 Å². The van der Waals surface area contributed by atoms with E-state index < -0.39 is 34.8 Å². The Balaban J connectivity index is 1.54. The number of anilines is 1. The van der Waals surface area contributed by atoms with Gasteiger partial charge >= 0.3 is 6.09 Å². The molecule has 3 unspecified atom stereocenters. The van der Waals surface area contributed by atoms with E-state index in [1.165, 1.54) is 12.1 Å². The molecule has 202 valence electrons. The second-order valence-corrected chi connectivity index (χ2v) is 11.3. The van der Waals surface area contributed by atoms with Crippen LogP contribution >= 0.6 is 0 Å². The fourth-order valence-corrected chi connectivity index (χ4v) is 5.88. The van der Waals surface area contributed by atoms with Gasteiger partial charge in [-0.05, 0) is 43.0 Å². The van der Waals surface area contributed by atoms with Gasteiger partial charge < -0.3 is 25.6 Å². The number of nitrogens with one attached hydrogen (secondary N) is 1. The number of nitrogens with zero attached hydrogens (tertiary/aromatic N) is 1. The summed E-state index contributed by atoms with van der Waals surface area (Å²) in [6.07, 6.45) is 1.54. The number of hydroxylamine groups is 1. The third kappa shape index (κ3) is 7.65. The predicted molar refractivity (Wildman–Crippen MR) is 137 cm³/mol. The van der Waals surface area contributed by atoms with Crippen molar-refractivity contribution in [1.29, 1.82) is 0 Å². The summed E-state index contributed by atoms with van der Waals surface area (Å²) >= 11 is 0. The number of amides is 1. The Morgan fingerprint density at radius 3 is 2.54 bits per heavy atom. The number of aliphatic hydroxyl groups excluding tert-OH is 1. The topological polar surface area (TPSA) is 140 Å². The van der Waals surface area contributed by atoms with Crippen LogP contribution in [0.1, 0.15) is 37.7 Å². The molecule has 1 saturated carbocycles. The van der Waals surface area contributed by atoms with Crippen molar-refractivity contribution in [3.63, 3.8) is 0 Å². The summed E-state index contributed by atoms with van der Waals surface area (Å²) in [4.78, 5) is 18.5. The fraction of sp³-hybridized carbons (Fsp3) is 0.500. The molecule has 0 bridgehead atoms. The first-order valence-electron chi connectivity index (χ1n) is 12.6. The van der Waals surface area contributed by atoms with E-state index in [0.29, 0.717) is 25.3 Å². The van der Waals surface area contributed by atoms with Crippen LogP contribution in [0, 0.1) is 0 Å². The lowest BCUT2D eigenvalue weighted by molar-refractivity contribution is -0.145. The van der Waals surface area contributed by atoms with Crippen molar-refractivity contribution >= 4 is 21.8 Å². The molecule has 2 aromatic carbocycles. The third-order valence-corrected chi connectivity index (χ3v) is 8.18. The number of hydrogen-bond donors (Lipinski definition) is 3. The van der Waals surface area contributed by atoms with E-state index in [4.69, 9.17) is 20.0 Å². The van der Waals surface area contributed by atoms with Crippen LogP contribution in [-0.4, -0.2) is 68.2 Å². The number of aliphatic hydroxyl groups is 1. The highest BCUT2D eigenvalue weighted by molar-refractivity contribution is 7.89. The van der Waals surface area contributed by atoms with Gasteiger partial charge in [0.2, 0.25) is 0 Å². The Morgan fingerprint density at radius 2 is 1.86 bits per heavy atom. The lowest BCUT2D eigenvalue weighted by atomic mass is 10.0. The van der Waals surface area contributed by atoms with Crippen LogP contribution in [0.15, 0.2) is 59.5 Å². The van der Waals surface area contributed by atoms with Crippen molar-refractivity contribution in [2.75, 3.05) is 25.5 Å². The van der Waals surface area contributed by atoms with E-state index in [0.717, 1.165) is 35.7 Å². The first kappa shape index (κ1) is 27.3. The number of carbonyl (C=O) groups excluding carboxylic acids is 1. The molecule has 0 aromatic heterocycles. The van der Waals surface area contributed by atoms with Gasteiger partial charge in [0.1, 0.15) is 6.10 Å². The second kappa shape index (κ2) is 12.7. The van der Waals surface area contributed by atoms with Crippen molar-refractivity contribution < 1.29 is 32.6 Å². The number of benzene rings is 2. The number of rotatable bonds is 11. The lowest BCUT2D eigenvalue weighted by Crippen LogP contribution is -2.51. The summed E-state index contributed by atoms with van der Waals surface area (Å²) in [5.74, 6) is 0. The second-order valence-electron chi connectivity index (χ2n) is 9.47. The molecular formula is C26H35N3O7S. The van der Waals surface area contributed by atoms with Gasteiger partial charge in [0, 0.05) is 12.1 Å². The number of sulfonamides is 1. The summed E-state index contributed by atoms with van der Waals surface area (Å²) in [6.45, 7) is 0.447. The maximum atomic E-state index is 13.5. The number of alkyl carbamates (subject to hydrolysis) is 1. The summed E-state index contributed by atoms with van der Waals surface area (Å²) < 4.78 is 38.6. The van der Waals surface area contributed by atoms with Crippen molar-refractivity contribution in [2.45, 2.75) is 67.8 Å². The molecule has 1 saturated heterocycles. The molecule has 2 fully saturated rings. The minimum atomic E-state index is -4.15. The Bertz CT molecular complexity index is 1120. The van der Waals surface area contributed by atoms with Crippen molar-refractivity contribution in [1.82, 2.24) is 9.79 Å². The van der Waals surface area contributed by atoms with Gasteiger partial charge in [0.05, 0.1) is 42.9 Å². The minimum absolute atomic E-state index is 0.0362. The average Bonchev–Trinajstić information content (AvgIpc) is 3.58. The molecule has 3 atom stereocenters. The highest BCUT2D eigenvalue weighted by atomic mass is 32.2. The van der Waals surface area contributed by atoms with Crippen molar-refractivity contribution in [2.24, 2.45) is 0 Å². The van der Waals surface area contributed by atoms with E-state index in [1.54, 1.807) is 12.1 Å². The summed E-state index contributed by atoms with van der Waals surface area (Å²) in [5, 5.41) is 14.0. The van der Waals surface area contributed by atoms with Crippen LogP contribution in [0.25, 0.3) is 0 Å². The monoisotopic (exact) mass is 533 g/mol. The third-order valence-electron chi connectivity index (χ3n) is 6.56. The highest BCUT2D eigenvalue weighted by Crippen LogP contribution is 2.26. The molecule has 10 nitrogen and oxygen atoms in total. The van der Waals surface area contributed by atoms with Crippen LogP contribution in [0.5, 0.6) is 0 Å². The smallest absolute Gasteiger partial charge is 0.407 e. The molecule has 1 aliphatic carbocycles. The fourth-order valence-electron chi connectivity index (χ4n) is 4.52. The number of carbonyl (C=O) groups is 1. The molecule has 1 heterocycles. The molecule has 11 heteroatoms. The standard InChI is InChI=1S/C26H35N3O7S/c27-20-9-6-12-23(16-20)37(32,33)29(36-21-10-4-5-11-21)17-25(30)24(15-19-7-2-1-3-8-19)28-26(31)35-22-13-14-34-18-22/h1-3,6-9,12,16,21-22,24-25,30H,4-5,10-11,13-15,17-18,27H2,(H,28,31). The van der Waals surface area contributed by atoms with Gasteiger partial charge in [-0.25, -0.2) is 13.2 Å². The molecule has 0 spiro atoms. The van der Waals surface area contributed by atoms with E-state index in [1.807, 2.05) is 30.3 Å². The number of ether oxygens (including phenoxy) is 2. The van der Waals surface area contributed by atoms with Crippen LogP contribution in [-0.2, 0) is 30.8 Å². The zero-order chi connectivity index (χ0) is 26.3. The zero-order valence-electron chi connectivity index (χ0n) is 20.7. The maximum Gasteiger partial charge on any atom is 0.407 e. The van der Waals surface area contributed by atoms with Crippen molar-refractivity contribution in [3.8, 4) is 0 Å². The van der Waals surface area contributed by atoms with Gasteiger partial charge in [0.25, 0.3) is 10.0 Å². The van der Waals surface area contributed by atoms with E-state index in [9.17, 15) is 18.3 Å². The normalized spacial score (nSPS) is 20.1. The van der Waals surface area contributed by atoms with Crippen LogP contribution in [0.2, 0.25) is 0 Å². The number of nitrogen functional groups attached to an aromatic ring is 1. The van der Waals surface area contributed by atoms with Gasteiger partial charge in [-0.3, -0.25) is 4.84 Å². The predicted octanol–water partition coefficient (Wildman–Crippen LogP) is 2.62. The number of hydrogen-bond acceptors (Lipinski definition) is 8. The van der Waals surface area contributed by atoms with Gasteiger partial charge in [-0.1, -0.05) is 53.7 Å². The summed E-state index contributed by atoms with van der Waals surface area (Å²) in [6, 6.07) is 14.4. The molecule has 4 N–H and O–H groups in total. The van der Waals surface area contributed by atoms with Crippen molar-refractivity contribution in [3.05, 3.63) is 60.2 Å². The first-order chi connectivity index (χ1) is 17.8. The summed E-state index contributed by atoms with van der Waals surface area (Å²) in [7, 11) is -4.15. The minimum Gasteiger partial charge on any atom is -0.444 e. The molecule has 2 aliphatic rings. The molecule has 37 heavy (non-hydrogen) atoms. The highest BCUT2D eigenvalue weighted by Gasteiger charge is 2.35. The van der Waals surface area contributed by atoms with E-state index in [-0.39, 0.29) is 23.5 Å². The van der Waals surface area contributed by atoms with E-state index in [2.05, 4.69) is 5.32 Å². The Morgan fingerprint density at radius 1 is 1.11 bits per heavy atom. The molecule has 1 aliphatic heterocycles. The summed E-state index contributed by atoms with van der Waals surface area (Å²) in [5.41, 5.74) is 6.99. The average molecular weight is 534 g/mol. The Kier molecular flexibility index (Phi) is 9.38. The molecule has 4 rings (SSSR count). The SMILES string of the molecule is Nc1cccc(S(=O)(=O)N(CC(O)C(Cc2ccccc2)NC(=O)OC2CCOC2)OC2CCCC2)c1. The quantitative estimate of drug-likeness (QED) is 0.296. The first-order valence-corrected chi connectivity index (χ1v) is 14.1. The van der Waals surface area contributed by atoms with E-state index >= 15 is 0 Å². The zero-order valence-corrected chi connectivity index (χ0v) is 21.5. The Hall–Kier alpha value is -2.70. The molecule has 0 radical (unpaired) electrons. The van der Waals surface area contributed by atoms with Crippen LogP contribution in [0.4, 0.5) is 10.5 Å². The number of nitrogens with two attached hydrogens (primary N) is 1. The molecule has 2 aromatic rings. The van der Waals surface area contributed by atoms with Crippen LogP contribution in [0.3, 0.4) is 0 Å². The molecule has 1 amide bonds. The van der Waals surface area contributed by atoms with Crippen LogP contribution < -0.4 is 11.1 Å². The Labute approximate surface area is 217 Å². The lowest BCUT2D eigenvalue weighted by Gasteiger charge is -2.30. The van der Waals surface area contributed by atoms with Gasteiger partial charge in [-0.2, -0.15) is 0 Å². The largest absolute Gasteiger partial charge is 0.444 e. The maximum absolute atomic E-state index is 13.5.